The summed E-state index contributed by atoms with van der Waals surface area (Å²) in [6.07, 6.45) is 1.94. The molecule has 0 aliphatic rings. The van der Waals surface area contributed by atoms with Gasteiger partial charge in [0.2, 0.25) is 0 Å². The van der Waals surface area contributed by atoms with Crippen LogP contribution in [0.15, 0.2) is 14.5 Å². The molecule has 4 N–H and O–H groups in total. The number of quaternary nitrogens is 1. The maximum absolute atomic E-state index is 12.0. The molecule has 1 aromatic heterocycles. The summed E-state index contributed by atoms with van der Waals surface area (Å²) in [6, 6.07) is -0.872. The number of carboxylic acid groups (broad SMARTS) is 1. The molecule has 0 aliphatic carbocycles. The summed E-state index contributed by atoms with van der Waals surface area (Å²) >= 11 is 0. The minimum atomic E-state index is -1.25. The molecule has 0 aromatic carbocycles. The van der Waals surface area contributed by atoms with Crippen molar-refractivity contribution in [2.75, 3.05) is 12.0 Å². The second-order valence-corrected chi connectivity index (χ2v) is 6.60. The predicted octanol–water partition coefficient (Wildman–Crippen LogP) is -3.85. The van der Waals surface area contributed by atoms with Crippen LogP contribution in [0, 0.1) is 0 Å². The van der Waals surface area contributed by atoms with Crippen LogP contribution >= 0.6 is 0 Å². The number of carboxylic acids is 1. The number of carbonyl (C=O) groups is 1. The lowest BCUT2D eigenvalue weighted by Crippen LogP contribution is -2.68. The smallest absolute Gasteiger partial charge is 0.333 e. The molecular formula is C11H18N3O5S+. The van der Waals surface area contributed by atoms with E-state index in [2.05, 4.69) is 5.73 Å². The molecule has 8 nitrogen and oxygen atoms in total. The lowest BCUT2D eigenvalue weighted by Gasteiger charge is -2.11. The van der Waals surface area contributed by atoms with E-state index in [0.29, 0.717) is 5.75 Å². The van der Waals surface area contributed by atoms with Crippen molar-refractivity contribution in [1.82, 2.24) is 9.13 Å². The standard InChI is InChI=1S/C11H17N3O5S/c1-13-8(15)7(9(16)14(2)11(13)19)20(3)5-4-6(12)10(17)18/h6H,4-5,12H2,1-3H3,(H-,15,16,17,18)/p+1/t6-,20?/m0/s1. The van der Waals surface area contributed by atoms with Gasteiger partial charge in [0.25, 0.3) is 10.8 Å². The van der Waals surface area contributed by atoms with Gasteiger partial charge >= 0.3 is 11.2 Å². The Morgan fingerprint density at radius 3 is 2.45 bits per heavy atom. The molecule has 112 valence electrons. The SMILES string of the molecule is Cn1c(O)c([S+](C)CC[C@H]([NH3+])C(=O)[O-])c(=O)n(C)c1=O. The van der Waals surface area contributed by atoms with Crippen LogP contribution in [-0.2, 0) is 29.8 Å². The predicted molar refractivity (Wildman–Crippen MR) is 71.3 cm³/mol. The van der Waals surface area contributed by atoms with E-state index in [1.165, 1.54) is 14.1 Å². The topological polar surface area (TPSA) is 132 Å². The van der Waals surface area contributed by atoms with E-state index in [4.69, 9.17) is 0 Å². The summed E-state index contributed by atoms with van der Waals surface area (Å²) in [5.74, 6) is -1.26. The highest BCUT2D eigenvalue weighted by Crippen LogP contribution is 2.18. The number of hydrogen-bond donors (Lipinski definition) is 2. The fourth-order valence-corrected chi connectivity index (χ4v) is 3.37. The van der Waals surface area contributed by atoms with Gasteiger partial charge < -0.3 is 20.7 Å². The van der Waals surface area contributed by atoms with Gasteiger partial charge in [0.1, 0.15) is 18.1 Å². The lowest BCUT2D eigenvalue weighted by molar-refractivity contribution is -0.437. The van der Waals surface area contributed by atoms with Gasteiger partial charge in [-0.1, -0.05) is 0 Å². The van der Waals surface area contributed by atoms with Crippen LogP contribution in [0.2, 0.25) is 0 Å². The quantitative estimate of drug-likeness (QED) is 0.537. The van der Waals surface area contributed by atoms with Crippen molar-refractivity contribution in [1.29, 1.82) is 0 Å². The van der Waals surface area contributed by atoms with Gasteiger partial charge in [0.15, 0.2) is 0 Å². The molecule has 0 saturated carbocycles. The van der Waals surface area contributed by atoms with Gasteiger partial charge in [0, 0.05) is 25.0 Å². The highest BCUT2D eigenvalue weighted by Gasteiger charge is 2.29. The van der Waals surface area contributed by atoms with E-state index in [1.54, 1.807) is 6.26 Å². The zero-order valence-electron chi connectivity index (χ0n) is 11.6. The van der Waals surface area contributed by atoms with Gasteiger partial charge in [0.05, 0.1) is 12.4 Å². The molecule has 0 fully saturated rings. The van der Waals surface area contributed by atoms with Crippen molar-refractivity contribution in [3.8, 4) is 5.88 Å². The Kier molecular flexibility index (Phi) is 5.01. The van der Waals surface area contributed by atoms with Crippen molar-refractivity contribution in [3.05, 3.63) is 20.8 Å². The van der Waals surface area contributed by atoms with Crippen molar-refractivity contribution in [2.45, 2.75) is 17.4 Å². The fourth-order valence-electron chi connectivity index (χ4n) is 1.65. The average Bonchev–Trinajstić information content (AvgIpc) is 2.40. The Balaban J connectivity index is 3.12. The van der Waals surface area contributed by atoms with Gasteiger partial charge in [-0.2, -0.15) is 0 Å². The Bertz CT molecular complexity index is 636. The number of aromatic nitrogens is 2. The molecule has 1 rings (SSSR count). The van der Waals surface area contributed by atoms with Crippen LogP contribution in [0.5, 0.6) is 5.88 Å². The largest absolute Gasteiger partial charge is 0.544 e. The average molecular weight is 304 g/mol. The molecule has 9 heteroatoms. The fraction of sp³-hybridized carbons (Fsp3) is 0.545. The molecule has 2 atom stereocenters. The maximum atomic E-state index is 12.0. The summed E-state index contributed by atoms with van der Waals surface area (Å²) in [4.78, 5) is 34.4. The molecule has 0 aliphatic heterocycles. The number of carbonyl (C=O) groups excluding carboxylic acids is 1. The van der Waals surface area contributed by atoms with Crippen LogP contribution in [-0.4, -0.2) is 38.3 Å². The molecule has 0 radical (unpaired) electrons. The summed E-state index contributed by atoms with van der Waals surface area (Å²) in [6.45, 7) is 0. The molecule has 0 bridgehead atoms. The summed E-state index contributed by atoms with van der Waals surface area (Å²) < 4.78 is 1.90. The first kappa shape index (κ1) is 16.3. The Morgan fingerprint density at radius 1 is 1.40 bits per heavy atom. The Labute approximate surface area is 117 Å². The monoisotopic (exact) mass is 304 g/mol. The maximum Gasteiger partial charge on any atom is 0.333 e. The van der Waals surface area contributed by atoms with Crippen LogP contribution in [0.1, 0.15) is 6.42 Å². The van der Waals surface area contributed by atoms with Gasteiger partial charge in [-0.3, -0.25) is 13.9 Å². The molecular weight excluding hydrogens is 286 g/mol. The minimum absolute atomic E-state index is 0.125. The van der Waals surface area contributed by atoms with E-state index in [0.717, 1.165) is 9.13 Å². The van der Waals surface area contributed by atoms with Gasteiger partial charge in [-0.05, 0) is 0 Å². The van der Waals surface area contributed by atoms with Crippen molar-refractivity contribution < 1.29 is 20.7 Å². The zero-order chi connectivity index (χ0) is 15.6. The van der Waals surface area contributed by atoms with E-state index in [9.17, 15) is 24.6 Å². The Hall–Kier alpha value is -1.74. The third kappa shape index (κ3) is 3.05. The molecule has 0 amide bonds. The van der Waals surface area contributed by atoms with Crippen LogP contribution in [0.25, 0.3) is 0 Å². The van der Waals surface area contributed by atoms with Crippen molar-refractivity contribution in [2.24, 2.45) is 14.1 Å². The molecule has 20 heavy (non-hydrogen) atoms. The first-order valence-corrected chi connectivity index (χ1v) is 7.64. The molecule has 1 aromatic rings. The third-order valence-corrected chi connectivity index (χ3v) is 4.95. The molecule has 0 spiro atoms. The van der Waals surface area contributed by atoms with E-state index in [-0.39, 0.29) is 17.2 Å². The summed E-state index contributed by atoms with van der Waals surface area (Å²) in [5, 5.41) is 20.5. The zero-order valence-corrected chi connectivity index (χ0v) is 12.4. The van der Waals surface area contributed by atoms with E-state index in [1.807, 2.05) is 0 Å². The number of rotatable bonds is 5. The van der Waals surface area contributed by atoms with Crippen molar-refractivity contribution >= 4 is 16.9 Å². The highest BCUT2D eigenvalue weighted by molar-refractivity contribution is 7.96. The van der Waals surface area contributed by atoms with Crippen molar-refractivity contribution in [3.63, 3.8) is 0 Å². The van der Waals surface area contributed by atoms with Gasteiger partial charge in [-0.25, -0.2) is 4.79 Å². The normalized spacial score (nSPS) is 14.0. The number of aliphatic carboxylic acids is 1. The third-order valence-electron chi connectivity index (χ3n) is 3.05. The number of nitrogens with zero attached hydrogens (tertiary/aromatic N) is 2. The molecule has 0 saturated heterocycles. The second-order valence-electron chi connectivity index (χ2n) is 4.50. The first-order valence-electron chi connectivity index (χ1n) is 5.84. The first-order chi connectivity index (χ1) is 9.18. The van der Waals surface area contributed by atoms with Gasteiger partial charge in [-0.15, -0.1) is 0 Å². The van der Waals surface area contributed by atoms with Crippen LogP contribution in [0.3, 0.4) is 0 Å². The molecule has 1 unspecified atom stereocenters. The van der Waals surface area contributed by atoms with Crippen LogP contribution < -0.4 is 22.1 Å². The minimum Gasteiger partial charge on any atom is -0.544 e. The number of aromatic hydroxyl groups is 1. The molecule has 1 heterocycles. The van der Waals surface area contributed by atoms with E-state index >= 15 is 0 Å². The summed E-state index contributed by atoms with van der Waals surface area (Å²) in [5.41, 5.74) is 2.26. The van der Waals surface area contributed by atoms with Crippen LogP contribution in [0.4, 0.5) is 0 Å². The Morgan fingerprint density at radius 2 is 1.95 bits per heavy atom. The second kappa shape index (κ2) is 6.14. The number of hydrogen-bond acceptors (Lipinski definition) is 5. The highest BCUT2D eigenvalue weighted by atomic mass is 32.2. The lowest BCUT2D eigenvalue weighted by atomic mass is 10.2. The van der Waals surface area contributed by atoms with E-state index < -0.39 is 34.2 Å². The summed E-state index contributed by atoms with van der Waals surface area (Å²) in [7, 11) is 2.00.